The molecule has 1 unspecified atom stereocenters. The van der Waals surface area contributed by atoms with Crippen LogP contribution in [-0.2, 0) is 10.3 Å². The number of rotatable bonds is 4. The number of halogens is 2. The molecule has 0 aliphatic carbocycles. The molecule has 104 valence electrons. The lowest BCUT2D eigenvalue weighted by Crippen LogP contribution is -2.45. The number of nitrogens with one attached hydrogen (secondary N) is 1. The van der Waals surface area contributed by atoms with E-state index in [0.717, 1.165) is 6.20 Å². The van der Waals surface area contributed by atoms with Crippen LogP contribution in [0, 0.1) is 5.82 Å². The number of amides is 1. The van der Waals surface area contributed by atoms with Crippen LogP contribution >= 0.6 is 11.6 Å². The predicted octanol–water partition coefficient (Wildman–Crippen LogP) is 2.69. The first-order chi connectivity index (χ1) is 9.41. The lowest BCUT2D eigenvalue weighted by atomic mass is 9.92. The zero-order valence-electron chi connectivity index (χ0n) is 10.7. The van der Waals surface area contributed by atoms with E-state index >= 15 is 0 Å². The second-order valence-corrected chi connectivity index (χ2v) is 4.95. The molecule has 1 amide bonds. The molecule has 2 aromatic rings. The van der Waals surface area contributed by atoms with Gasteiger partial charge in [0.2, 0.25) is 5.91 Å². The summed E-state index contributed by atoms with van der Waals surface area (Å²) < 4.78 is 13.3. The number of carbonyl (C=O) groups excluding carboxylic acids is 1. The van der Waals surface area contributed by atoms with Crippen LogP contribution < -0.4 is 11.1 Å². The molecule has 4 nitrogen and oxygen atoms in total. The average molecular weight is 294 g/mol. The molecular formula is C14H13ClFN3O. The molecule has 0 saturated carbocycles. The van der Waals surface area contributed by atoms with Gasteiger partial charge < -0.3 is 11.1 Å². The number of aromatic nitrogens is 1. The topological polar surface area (TPSA) is 68.0 Å². The maximum Gasteiger partial charge on any atom is 0.247 e. The number of nitrogens with zero attached hydrogens (tertiary/aromatic N) is 1. The number of hydrogen-bond donors (Lipinski definition) is 2. The third kappa shape index (κ3) is 2.88. The van der Waals surface area contributed by atoms with E-state index in [1.165, 1.54) is 12.3 Å². The standard InChI is InChI=1S/C14H13ClFN3O/c1-14(13(17)20,9-5-11(16)8-18-7-9)19-12-4-2-3-10(15)6-12/h2-8,19H,1H3,(H2,17,20). The normalized spacial score (nSPS) is 13.6. The molecule has 3 N–H and O–H groups in total. The van der Waals surface area contributed by atoms with Crippen LogP contribution in [0.1, 0.15) is 12.5 Å². The first kappa shape index (κ1) is 14.3. The molecule has 20 heavy (non-hydrogen) atoms. The summed E-state index contributed by atoms with van der Waals surface area (Å²) >= 11 is 5.90. The van der Waals surface area contributed by atoms with E-state index < -0.39 is 17.3 Å². The Morgan fingerprint density at radius 3 is 2.75 bits per heavy atom. The molecule has 0 bridgehead atoms. The molecule has 1 aromatic heterocycles. The maximum absolute atomic E-state index is 13.3. The van der Waals surface area contributed by atoms with Crippen LogP contribution in [0.25, 0.3) is 0 Å². The van der Waals surface area contributed by atoms with Crippen LogP contribution in [0.15, 0.2) is 42.7 Å². The molecular weight excluding hydrogens is 281 g/mol. The Morgan fingerprint density at radius 1 is 1.40 bits per heavy atom. The third-order valence-electron chi connectivity index (χ3n) is 2.99. The fourth-order valence-electron chi connectivity index (χ4n) is 1.82. The van der Waals surface area contributed by atoms with Gasteiger partial charge in [0.05, 0.1) is 6.20 Å². The van der Waals surface area contributed by atoms with E-state index in [4.69, 9.17) is 17.3 Å². The first-order valence-corrected chi connectivity index (χ1v) is 6.24. The Hall–Kier alpha value is -2.14. The molecule has 0 saturated heterocycles. The average Bonchev–Trinajstić information content (AvgIpc) is 2.38. The summed E-state index contributed by atoms with van der Waals surface area (Å²) in [4.78, 5) is 15.5. The highest BCUT2D eigenvalue weighted by molar-refractivity contribution is 6.30. The molecule has 0 aliphatic rings. The second-order valence-electron chi connectivity index (χ2n) is 4.52. The van der Waals surface area contributed by atoms with Gasteiger partial charge in [0.1, 0.15) is 11.4 Å². The fraction of sp³-hybridized carbons (Fsp3) is 0.143. The summed E-state index contributed by atoms with van der Waals surface area (Å²) in [6.07, 6.45) is 2.45. The molecule has 1 aromatic carbocycles. The van der Waals surface area contributed by atoms with E-state index in [9.17, 15) is 9.18 Å². The Bertz CT molecular complexity index is 650. The van der Waals surface area contributed by atoms with Crippen molar-refractivity contribution in [3.8, 4) is 0 Å². The van der Waals surface area contributed by atoms with Crippen LogP contribution in [0.3, 0.4) is 0 Å². The predicted molar refractivity (Wildman–Crippen MR) is 75.8 cm³/mol. The number of nitrogens with two attached hydrogens (primary N) is 1. The van der Waals surface area contributed by atoms with Gasteiger partial charge >= 0.3 is 0 Å². The summed E-state index contributed by atoms with van der Waals surface area (Å²) in [5, 5.41) is 3.49. The van der Waals surface area contributed by atoms with Gasteiger partial charge in [-0.3, -0.25) is 9.78 Å². The van der Waals surface area contributed by atoms with Gasteiger partial charge in [-0.05, 0) is 31.2 Å². The van der Waals surface area contributed by atoms with Crippen molar-refractivity contribution in [1.82, 2.24) is 4.98 Å². The minimum atomic E-state index is -1.29. The molecule has 0 fully saturated rings. The number of carbonyl (C=O) groups is 1. The zero-order chi connectivity index (χ0) is 14.8. The lowest BCUT2D eigenvalue weighted by molar-refractivity contribution is -0.122. The molecule has 0 aliphatic heterocycles. The van der Waals surface area contributed by atoms with E-state index in [0.29, 0.717) is 16.3 Å². The van der Waals surface area contributed by atoms with Crippen molar-refractivity contribution in [1.29, 1.82) is 0 Å². The SMILES string of the molecule is CC(Nc1cccc(Cl)c1)(C(N)=O)c1cncc(F)c1. The van der Waals surface area contributed by atoms with Gasteiger partial charge in [-0.2, -0.15) is 0 Å². The van der Waals surface area contributed by atoms with Gasteiger partial charge in [-0.15, -0.1) is 0 Å². The number of pyridine rings is 1. The smallest absolute Gasteiger partial charge is 0.247 e. The molecule has 1 heterocycles. The van der Waals surface area contributed by atoms with Crippen molar-refractivity contribution < 1.29 is 9.18 Å². The fourth-order valence-corrected chi connectivity index (χ4v) is 2.01. The summed E-state index contributed by atoms with van der Waals surface area (Å²) in [5.41, 5.74) is 5.10. The van der Waals surface area contributed by atoms with Crippen molar-refractivity contribution in [2.24, 2.45) is 5.73 Å². The van der Waals surface area contributed by atoms with Crippen LogP contribution in [-0.4, -0.2) is 10.9 Å². The largest absolute Gasteiger partial charge is 0.368 e. The van der Waals surface area contributed by atoms with Crippen LogP contribution in [0.4, 0.5) is 10.1 Å². The summed E-state index contributed by atoms with van der Waals surface area (Å²) in [6, 6.07) is 8.04. The van der Waals surface area contributed by atoms with Gasteiger partial charge in [0.25, 0.3) is 0 Å². The molecule has 0 radical (unpaired) electrons. The number of primary amides is 1. The van der Waals surface area contributed by atoms with E-state index in [1.807, 2.05) is 0 Å². The van der Waals surface area contributed by atoms with Crippen LogP contribution in [0.2, 0.25) is 5.02 Å². The summed E-state index contributed by atoms with van der Waals surface area (Å²) in [6.45, 7) is 1.56. The maximum atomic E-state index is 13.3. The third-order valence-corrected chi connectivity index (χ3v) is 3.23. The minimum Gasteiger partial charge on any atom is -0.368 e. The van der Waals surface area contributed by atoms with Crippen molar-refractivity contribution in [3.05, 3.63) is 59.1 Å². The molecule has 0 spiro atoms. The number of anilines is 1. The Balaban J connectivity index is 2.42. The van der Waals surface area contributed by atoms with E-state index in [1.54, 1.807) is 31.2 Å². The quantitative estimate of drug-likeness (QED) is 0.910. The number of benzene rings is 1. The van der Waals surface area contributed by atoms with Crippen molar-refractivity contribution in [3.63, 3.8) is 0 Å². The Morgan fingerprint density at radius 2 is 2.15 bits per heavy atom. The zero-order valence-corrected chi connectivity index (χ0v) is 11.5. The van der Waals surface area contributed by atoms with Gasteiger partial charge in [-0.25, -0.2) is 4.39 Å². The highest BCUT2D eigenvalue weighted by Gasteiger charge is 2.34. The van der Waals surface area contributed by atoms with Gasteiger partial charge in [0, 0.05) is 22.5 Å². The van der Waals surface area contributed by atoms with Gasteiger partial charge in [-0.1, -0.05) is 17.7 Å². The highest BCUT2D eigenvalue weighted by atomic mass is 35.5. The van der Waals surface area contributed by atoms with Crippen molar-refractivity contribution in [2.75, 3.05) is 5.32 Å². The van der Waals surface area contributed by atoms with E-state index in [2.05, 4.69) is 10.3 Å². The molecule has 1 atom stereocenters. The summed E-state index contributed by atoms with van der Waals surface area (Å²) in [5.74, 6) is -1.19. The monoisotopic (exact) mass is 293 g/mol. The molecule has 6 heteroatoms. The second kappa shape index (κ2) is 5.46. The van der Waals surface area contributed by atoms with Crippen molar-refractivity contribution in [2.45, 2.75) is 12.5 Å². The van der Waals surface area contributed by atoms with E-state index in [-0.39, 0.29) is 0 Å². The lowest BCUT2D eigenvalue weighted by Gasteiger charge is -2.29. The van der Waals surface area contributed by atoms with Crippen LogP contribution in [0.5, 0.6) is 0 Å². The minimum absolute atomic E-state index is 0.338. The Kier molecular flexibility index (Phi) is 3.90. The first-order valence-electron chi connectivity index (χ1n) is 5.86. The molecule has 2 rings (SSSR count). The van der Waals surface area contributed by atoms with Gasteiger partial charge in [0.15, 0.2) is 0 Å². The number of hydrogen-bond acceptors (Lipinski definition) is 3. The summed E-state index contributed by atoms with van der Waals surface area (Å²) in [7, 11) is 0. The highest BCUT2D eigenvalue weighted by Crippen LogP contribution is 2.27. The van der Waals surface area contributed by atoms with Crippen molar-refractivity contribution >= 4 is 23.2 Å². The Labute approximate surface area is 120 Å².